The van der Waals surface area contributed by atoms with Gasteiger partial charge in [0, 0.05) is 19.0 Å². The molecule has 0 radical (unpaired) electrons. The molecule has 1 unspecified atom stereocenters. The minimum atomic E-state index is -0.916. The quantitative estimate of drug-likeness (QED) is 0.216. The monoisotopic (exact) mass is 399 g/mol. The molecule has 9 nitrogen and oxygen atoms in total. The molecule has 0 spiro atoms. The highest BCUT2D eigenvalue weighted by Crippen LogP contribution is 2.14. The maximum absolute atomic E-state index is 12.3. The molecule has 2 aromatic carbocycles. The van der Waals surface area contributed by atoms with Gasteiger partial charge in [-0.15, -0.1) is 0 Å². The van der Waals surface area contributed by atoms with Crippen molar-refractivity contribution in [3.63, 3.8) is 0 Å². The number of ether oxygens (including phenoxy) is 2. The Balaban J connectivity index is 2.01. The Hall–Kier alpha value is -3.88. The van der Waals surface area contributed by atoms with Gasteiger partial charge in [-0.3, -0.25) is 4.79 Å². The first-order chi connectivity index (χ1) is 13.9. The van der Waals surface area contributed by atoms with Gasteiger partial charge in [0.05, 0.1) is 13.3 Å². The van der Waals surface area contributed by atoms with E-state index in [0.29, 0.717) is 17.0 Å². The number of methoxy groups -OCH3 is 1. The van der Waals surface area contributed by atoms with Crippen LogP contribution >= 0.6 is 0 Å². The number of carbonyl (C=O) groups is 3. The van der Waals surface area contributed by atoms with E-state index in [9.17, 15) is 14.4 Å². The third kappa shape index (κ3) is 6.98. The number of urea groups is 1. The molecule has 2 amide bonds. The Labute approximate surface area is 167 Å². The van der Waals surface area contributed by atoms with Crippen molar-refractivity contribution in [3.05, 3.63) is 59.7 Å². The molecule has 2 rings (SSSR count). The maximum atomic E-state index is 12.3. The molecule has 0 saturated carbocycles. The van der Waals surface area contributed by atoms with Crippen molar-refractivity contribution in [2.75, 3.05) is 12.4 Å². The van der Waals surface area contributed by atoms with E-state index >= 15 is 0 Å². The number of anilines is 1. The number of nitrogens with zero attached hydrogens (tertiary/aromatic N) is 1. The van der Waals surface area contributed by atoms with Crippen LogP contribution in [-0.2, 0) is 20.7 Å². The van der Waals surface area contributed by atoms with E-state index in [0.717, 1.165) is 5.56 Å². The zero-order valence-electron chi connectivity index (χ0n) is 15.9. The fourth-order valence-corrected chi connectivity index (χ4v) is 2.48. The van der Waals surface area contributed by atoms with E-state index in [1.807, 2.05) is 0 Å². The molecule has 0 heterocycles. The lowest BCUT2D eigenvalue weighted by molar-refractivity contribution is -0.142. The van der Waals surface area contributed by atoms with Crippen LogP contribution in [-0.4, -0.2) is 42.5 Å². The molecular weight excluding hydrogens is 378 g/mol. The molecule has 1 atom stereocenters. The van der Waals surface area contributed by atoms with Gasteiger partial charge in [-0.1, -0.05) is 29.4 Å². The van der Waals surface area contributed by atoms with Gasteiger partial charge >= 0.3 is 18.0 Å². The molecular formula is C20H21N3O6. The molecule has 3 N–H and O–H groups in total. The van der Waals surface area contributed by atoms with Gasteiger partial charge in [0.1, 0.15) is 11.8 Å². The second-order valence-electron chi connectivity index (χ2n) is 5.98. The van der Waals surface area contributed by atoms with Crippen LogP contribution in [0.4, 0.5) is 10.5 Å². The molecule has 0 fully saturated rings. The van der Waals surface area contributed by atoms with Gasteiger partial charge in [-0.25, -0.2) is 9.59 Å². The number of hydrogen-bond acceptors (Lipinski definition) is 7. The van der Waals surface area contributed by atoms with E-state index in [2.05, 4.69) is 15.8 Å². The highest BCUT2D eigenvalue weighted by Gasteiger charge is 2.22. The number of hydrogen-bond donors (Lipinski definition) is 3. The summed E-state index contributed by atoms with van der Waals surface area (Å²) < 4.78 is 9.73. The minimum absolute atomic E-state index is 0.187. The number of rotatable bonds is 7. The summed E-state index contributed by atoms with van der Waals surface area (Å²) in [6, 6.07) is 11.6. The van der Waals surface area contributed by atoms with Crippen LogP contribution in [0.5, 0.6) is 5.75 Å². The fraction of sp³-hybridized carbons (Fsp3) is 0.200. The summed E-state index contributed by atoms with van der Waals surface area (Å²) in [5.41, 5.74) is 1.89. The van der Waals surface area contributed by atoms with Crippen molar-refractivity contribution in [1.29, 1.82) is 0 Å². The van der Waals surface area contributed by atoms with Crippen LogP contribution in [0.2, 0.25) is 0 Å². The summed E-state index contributed by atoms with van der Waals surface area (Å²) in [4.78, 5) is 35.3. The number of amides is 2. The first-order valence-electron chi connectivity index (χ1n) is 8.61. The van der Waals surface area contributed by atoms with Crippen LogP contribution in [0.15, 0.2) is 53.7 Å². The predicted molar refractivity (Wildman–Crippen MR) is 105 cm³/mol. The molecule has 9 heteroatoms. The number of oxime groups is 1. The minimum Gasteiger partial charge on any atom is -0.467 e. The predicted octanol–water partition coefficient (Wildman–Crippen LogP) is 2.33. The van der Waals surface area contributed by atoms with Crippen molar-refractivity contribution in [2.24, 2.45) is 5.16 Å². The van der Waals surface area contributed by atoms with E-state index in [4.69, 9.17) is 14.7 Å². The smallest absolute Gasteiger partial charge is 0.328 e. The van der Waals surface area contributed by atoms with E-state index in [1.54, 1.807) is 48.5 Å². The standard InChI is InChI=1S/C20H21N3O6/c1-13(24)29-17-9-5-14(6-10-17)11-18(19(25)28-2)23-20(26)22-16-7-3-15(4-8-16)12-21-27/h3-10,12,18,27H,11H2,1-2H3,(H2,22,23,26). The summed E-state index contributed by atoms with van der Waals surface area (Å²) in [6.45, 7) is 1.30. The molecule has 2 aromatic rings. The van der Waals surface area contributed by atoms with Crippen molar-refractivity contribution >= 4 is 29.9 Å². The summed E-state index contributed by atoms with van der Waals surface area (Å²) in [5.74, 6) is -0.643. The van der Waals surface area contributed by atoms with Crippen LogP contribution in [0.1, 0.15) is 18.1 Å². The first-order valence-corrected chi connectivity index (χ1v) is 8.61. The number of esters is 2. The van der Waals surface area contributed by atoms with Crippen LogP contribution in [0, 0.1) is 0 Å². The summed E-state index contributed by atoms with van der Waals surface area (Å²) in [7, 11) is 1.24. The van der Waals surface area contributed by atoms with Crippen LogP contribution < -0.4 is 15.4 Å². The Morgan fingerprint density at radius 3 is 2.31 bits per heavy atom. The molecule has 0 aliphatic rings. The second kappa shape index (κ2) is 10.5. The maximum Gasteiger partial charge on any atom is 0.328 e. The van der Waals surface area contributed by atoms with Crippen molar-refractivity contribution < 1.29 is 29.1 Å². The highest BCUT2D eigenvalue weighted by molar-refractivity contribution is 5.93. The summed E-state index contributed by atoms with van der Waals surface area (Å²) in [5, 5.41) is 16.6. The summed E-state index contributed by atoms with van der Waals surface area (Å²) in [6.07, 6.45) is 1.44. The Morgan fingerprint density at radius 2 is 1.76 bits per heavy atom. The van der Waals surface area contributed by atoms with E-state index in [-0.39, 0.29) is 6.42 Å². The fourth-order valence-electron chi connectivity index (χ4n) is 2.48. The second-order valence-corrected chi connectivity index (χ2v) is 5.98. The first kappa shape index (κ1) is 21.4. The zero-order chi connectivity index (χ0) is 21.2. The highest BCUT2D eigenvalue weighted by atomic mass is 16.5. The number of nitrogens with one attached hydrogen (secondary N) is 2. The third-order valence-corrected chi connectivity index (χ3v) is 3.79. The van der Waals surface area contributed by atoms with Crippen LogP contribution in [0.25, 0.3) is 0 Å². The van der Waals surface area contributed by atoms with Crippen molar-refractivity contribution in [1.82, 2.24) is 5.32 Å². The number of carbonyl (C=O) groups excluding carboxylic acids is 3. The van der Waals surface area contributed by atoms with Crippen molar-refractivity contribution in [3.8, 4) is 5.75 Å². The zero-order valence-corrected chi connectivity index (χ0v) is 15.9. The largest absolute Gasteiger partial charge is 0.467 e. The molecule has 0 saturated heterocycles. The van der Waals surface area contributed by atoms with Crippen molar-refractivity contribution in [2.45, 2.75) is 19.4 Å². The topological polar surface area (TPSA) is 126 Å². The molecule has 0 aliphatic heterocycles. The van der Waals surface area contributed by atoms with E-state index < -0.39 is 24.0 Å². The number of benzene rings is 2. The molecule has 29 heavy (non-hydrogen) atoms. The average Bonchev–Trinajstić information content (AvgIpc) is 2.69. The van der Waals surface area contributed by atoms with E-state index in [1.165, 1.54) is 20.2 Å². The lowest BCUT2D eigenvalue weighted by Gasteiger charge is -2.17. The average molecular weight is 399 g/mol. The lowest BCUT2D eigenvalue weighted by atomic mass is 10.1. The molecule has 0 aliphatic carbocycles. The van der Waals surface area contributed by atoms with Gasteiger partial charge < -0.3 is 25.3 Å². The Kier molecular flexibility index (Phi) is 7.72. The molecule has 0 aromatic heterocycles. The van der Waals surface area contributed by atoms with Gasteiger partial charge in [-0.2, -0.15) is 0 Å². The Morgan fingerprint density at radius 1 is 1.10 bits per heavy atom. The SMILES string of the molecule is COC(=O)C(Cc1ccc(OC(C)=O)cc1)NC(=O)Nc1ccc(C=NO)cc1. The molecule has 152 valence electrons. The van der Waals surface area contributed by atoms with Gasteiger partial charge in [-0.05, 0) is 35.4 Å². The van der Waals surface area contributed by atoms with Gasteiger partial charge in [0.15, 0.2) is 0 Å². The van der Waals surface area contributed by atoms with Gasteiger partial charge in [0.2, 0.25) is 0 Å². The normalized spacial score (nSPS) is 11.5. The van der Waals surface area contributed by atoms with Gasteiger partial charge in [0.25, 0.3) is 0 Å². The molecule has 0 bridgehead atoms. The third-order valence-electron chi connectivity index (χ3n) is 3.79. The Bertz CT molecular complexity index is 878. The summed E-state index contributed by atoms with van der Waals surface area (Å²) >= 11 is 0. The van der Waals surface area contributed by atoms with Crippen LogP contribution in [0.3, 0.4) is 0 Å². The lowest BCUT2D eigenvalue weighted by Crippen LogP contribution is -2.45.